The predicted octanol–water partition coefficient (Wildman–Crippen LogP) is 5.84. The van der Waals surface area contributed by atoms with Crippen molar-refractivity contribution >= 4 is 26.6 Å². The molecule has 43 heavy (non-hydrogen) atoms. The summed E-state index contributed by atoms with van der Waals surface area (Å²) in [5.41, 5.74) is 1.86. The van der Waals surface area contributed by atoms with Crippen LogP contribution in [0.1, 0.15) is 34.7 Å². The van der Waals surface area contributed by atoms with Crippen LogP contribution in [0.25, 0.3) is 22.2 Å². The molecule has 0 radical (unpaired) electrons. The van der Waals surface area contributed by atoms with E-state index in [1.807, 2.05) is 26.1 Å². The summed E-state index contributed by atoms with van der Waals surface area (Å²) in [4.78, 5) is 19.4. The highest BCUT2D eigenvalue weighted by atomic mass is 32.2. The van der Waals surface area contributed by atoms with E-state index in [4.69, 9.17) is 0 Å². The van der Waals surface area contributed by atoms with Crippen molar-refractivity contribution in [2.75, 3.05) is 18.5 Å². The molecule has 2 aromatic carbocycles. The minimum absolute atomic E-state index is 0.0151. The van der Waals surface area contributed by atoms with Gasteiger partial charge < -0.3 is 9.47 Å². The second-order valence-corrected chi connectivity index (χ2v) is 13.4. The number of hydrogen-bond donors (Lipinski definition) is 0. The summed E-state index contributed by atoms with van der Waals surface area (Å²) in [7, 11) is -0.819. The first-order valence-electron chi connectivity index (χ1n) is 13.7. The van der Waals surface area contributed by atoms with Crippen molar-refractivity contribution in [2.24, 2.45) is 7.05 Å². The fourth-order valence-electron chi connectivity index (χ4n) is 6.71. The van der Waals surface area contributed by atoms with E-state index in [1.165, 1.54) is 28.3 Å². The smallest absolute Gasteiger partial charge is 0.373 e. The van der Waals surface area contributed by atoms with E-state index >= 15 is 0 Å². The number of para-hydroxylation sites is 1. The molecule has 1 spiro atoms. The molecular weight excluding hydrogens is 577 g/mol. The zero-order valence-corrected chi connectivity index (χ0v) is 24.4. The van der Waals surface area contributed by atoms with E-state index in [2.05, 4.69) is 22.0 Å². The van der Waals surface area contributed by atoms with Gasteiger partial charge in [0.15, 0.2) is 0 Å². The molecule has 7 rings (SSSR count). The van der Waals surface area contributed by atoms with Crippen LogP contribution in [0.4, 0.5) is 18.9 Å². The summed E-state index contributed by atoms with van der Waals surface area (Å²) in [6.45, 7) is 2.57. The van der Waals surface area contributed by atoms with Crippen LogP contribution in [0.15, 0.2) is 88.8 Å². The molecule has 0 bridgehead atoms. The summed E-state index contributed by atoms with van der Waals surface area (Å²) in [6.07, 6.45) is -1.21. The Labute approximate surface area is 245 Å². The van der Waals surface area contributed by atoms with E-state index in [0.29, 0.717) is 5.39 Å². The Morgan fingerprint density at radius 3 is 2.44 bits per heavy atom. The molecular formula is C32H27F3N4O3S. The Balaban J connectivity index is 1.52. The summed E-state index contributed by atoms with van der Waals surface area (Å²) < 4.78 is 71.9. The van der Waals surface area contributed by atoms with Crippen LogP contribution >= 0.6 is 0 Å². The monoisotopic (exact) mass is 604 g/mol. The first-order chi connectivity index (χ1) is 20.3. The summed E-state index contributed by atoms with van der Waals surface area (Å²) >= 11 is 0. The predicted molar refractivity (Wildman–Crippen MR) is 158 cm³/mol. The van der Waals surface area contributed by atoms with Gasteiger partial charge in [-0.25, -0.2) is 12.4 Å². The molecule has 4 heterocycles. The molecule has 5 aromatic rings. The second-order valence-electron chi connectivity index (χ2n) is 11.6. The minimum atomic E-state index is -4.74. The molecule has 1 aliphatic carbocycles. The van der Waals surface area contributed by atoms with Gasteiger partial charge in [0.25, 0.3) is 15.6 Å². The number of aromatic nitrogens is 3. The van der Waals surface area contributed by atoms with Gasteiger partial charge >= 0.3 is 6.18 Å². The molecule has 11 heteroatoms. The number of anilines is 1. The number of rotatable bonds is 4. The number of hydrogen-bond acceptors (Lipinski definition) is 5. The first kappa shape index (κ1) is 27.5. The lowest BCUT2D eigenvalue weighted by Crippen LogP contribution is -2.24. The van der Waals surface area contributed by atoms with Crippen LogP contribution in [-0.4, -0.2) is 35.5 Å². The minimum Gasteiger partial charge on any atom is -0.373 e. The van der Waals surface area contributed by atoms with Crippen molar-refractivity contribution in [3.63, 3.8) is 0 Å². The maximum atomic E-state index is 14.3. The van der Waals surface area contributed by atoms with E-state index in [1.54, 1.807) is 31.4 Å². The molecule has 0 saturated heterocycles. The molecule has 2 unspecified atom stereocenters. The van der Waals surface area contributed by atoms with Crippen molar-refractivity contribution < 1.29 is 21.6 Å². The van der Waals surface area contributed by atoms with Crippen molar-refractivity contribution in [3.05, 3.63) is 112 Å². The van der Waals surface area contributed by atoms with Crippen molar-refractivity contribution in [1.82, 2.24) is 13.5 Å². The third-order valence-electron chi connectivity index (χ3n) is 8.85. The molecule has 7 nitrogen and oxygen atoms in total. The number of likely N-dealkylation sites (N-methyl/N-ethyl adjacent to an activating group) is 1. The highest BCUT2D eigenvalue weighted by Crippen LogP contribution is 2.66. The number of fused-ring (bicyclic) bond motifs is 3. The standard InChI is InChI=1S/C32H27F3N4O3S/c1-19-8-10-21(11-9-19)43(41,42)39-27(20-12-13-36-28(14-20)32(33,34)35)15-22-23(17-37(2)30(40)29(22)39)25-16-31(25)18-38(3)26-7-5-4-6-24(26)31/h4-15,17,25H,16,18H2,1-3H3. The van der Waals surface area contributed by atoms with E-state index in [-0.39, 0.29) is 33.0 Å². The van der Waals surface area contributed by atoms with Crippen LogP contribution in [0.3, 0.4) is 0 Å². The Morgan fingerprint density at radius 2 is 1.72 bits per heavy atom. The van der Waals surface area contributed by atoms with E-state index < -0.39 is 27.5 Å². The zero-order valence-electron chi connectivity index (χ0n) is 23.6. The van der Waals surface area contributed by atoms with Crippen LogP contribution in [0, 0.1) is 6.92 Å². The van der Waals surface area contributed by atoms with Gasteiger partial charge in [-0.2, -0.15) is 13.2 Å². The topological polar surface area (TPSA) is 77.2 Å². The molecule has 3 aromatic heterocycles. The Kier molecular flexibility index (Phi) is 5.78. The van der Waals surface area contributed by atoms with Crippen molar-refractivity contribution in [1.29, 1.82) is 0 Å². The van der Waals surface area contributed by atoms with Gasteiger partial charge in [-0.15, -0.1) is 0 Å². The maximum Gasteiger partial charge on any atom is 0.433 e. The quantitative estimate of drug-likeness (QED) is 0.258. The average molecular weight is 605 g/mol. The Bertz CT molecular complexity index is 2120. The number of nitrogens with zero attached hydrogens (tertiary/aromatic N) is 4. The first-order valence-corrected chi connectivity index (χ1v) is 15.2. The number of benzene rings is 2. The largest absolute Gasteiger partial charge is 0.433 e. The van der Waals surface area contributed by atoms with Crippen LogP contribution in [0.5, 0.6) is 0 Å². The summed E-state index contributed by atoms with van der Waals surface area (Å²) in [5, 5.41) is 0.410. The fraction of sp³-hybridized carbons (Fsp3) is 0.250. The lowest BCUT2D eigenvalue weighted by Gasteiger charge is -2.15. The molecule has 2 aliphatic rings. The number of halogens is 3. The van der Waals surface area contributed by atoms with Gasteiger partial charge in [0, 0.05) is 55.1 Å². The normalized spacial score (nSPS) is 19.8. The second kappa shape index (κ2) is 9.06. The van der Waals surface area contributed by atoms with Gasteiger partial charge in [0.1, 0.15) is 11.2 Å². The molecule has 0 N–H and O–H groups in total. The molecule has 1 saturated carbocycles. The van der Waals surface area contributed by atoms with Gasteiger partial charge in [0.05, 0.1) is 10.6 Å². The lowest BCUT2D eigenvalue weighted by atomic mass is 9.92. The van der Waals surface area contributed by atoms with Crippen molar-refractivity contribution in [2.45, 2.75) is 35.7 Å². The number of aryl methyl sites for hydroxylation is 2. The highest BCUT2D eigenvalue weighted by Gasteiger charge is 2.61. The Hall–Kier alpha value is -4.38. The molecule has 1 fully saturated rings. The highest BCUT2D eigenvalue weighted by molar-refractivity contribution is 7.90. The number of pyridine rings is 2. The van der Waals surface area contributed by atoms with Gasteiger partial charge in [-0.3, -0.25) is 9.78 Å². The van der Waals surface area contributed by atoms with Gasteiger partial charge in [-0.05, 0) is 66.8 Å². The van der Waals surface area contributed by atoms with Crippen LogP contribution in [-0.2, 0) is 28.7 Å². The number of alkyl halides is 3. The average Bonchev–Trinajstić information content (AvgIpc) is 3.41. The van der Waals surface area contributed by atoms with Gasteiger partial charge in [-0.1, -0.05) is 35.9 Å². The summed E-state index contributed by atoms with van der Waals surface area (Å²) in [5.74, 6) is -0.0261. The van der Waals surface area contributed by atoms with E-state index in [0.717, 1.165) is 46.0 Å². The SMILES string of the molecule is Cc1ccc(S(=O)(=O)n2c(-c3ccnc(C(F)(F)F)c3)cc3c(C4CC45CN(C)c4ccccc45)cn(C)c(=O)c32)cc1. The fourth-order valence-corrected chi connectivity index (χ4v) is 8.24. The summed E-state index contributed by atoms with van der Waals surface area (Å²) in [6, 6.07) is 18.0. The van der Waals surface area contributed by atoms with Crippen molar-refractivity contribution in [3.8, 4) is 11.3 Å². The third kappa shape index (κ3) is 4.05. The maximum absolute atomic E-state index is 14.3. The molecule has 0 amide bonds. The molecule has 220 valence electrons. The third-order valence-corrected chi connectivity index (χ3v) is 10.6. The van der Waals surface area contributed by atoms with Gasteiger partial charge in [0.2, 0.25) is 0 Å². The van der Waals surface area contributed by atoms with Crippen LogP contribution < -0.4 is 10.5 Å². The zero-order chi connectivity index (χ0) is 30.5. The molecule has 1 aliphatic heterocycles. The molecule has 2 atom stereocenters. The van der Waals surface area contributed by atoms with E-state index in [9.17, 15) is 26.4 Å². The Morgan fingerprint density at radius 1 is 1.00 bits per heavy atom. The van der Waals surface area contributed by atoms with Crippen LogP contribution in [0.2, 0.25) is 0 Å². The lowest BCUT2D eigenvalue weighted by molar-refractivity contribution is -0.141.